The van der Waals surface area contributed by atoms with Gasteiger partial charge in [-0.2, -0.15) is 0 Å². The van der Waals surface area contributed by atoms with Crippen molar-refractivity contribution in [2.75, 3.05) is 5.73 Å². The van der Waals surface area contributed by atoms with Gasteiger partial charge in [-0.15, -0.1) is 10.2 Å². The first-order valence-electron chi connectivity index (χ1n) is 6.80. The summed E-state index contributed by atoms with van der Waals surface area (Å²) in [6, 6.07) is 11.8. The Hall–Kier alpha value is -3.28. The fourth-order valence-electron chi connectivity index (χ4n) is 2.49. The van der Waals surface area contributed by atoms with E-state index in [2.05, 4.69) is 25.1 Å². The summed E-state index contributed by atoms with van der Waals surface area (Å²) < 4.78 is 0. The van der Waals surface area contributed by atoms with Gasteiger partial charge >= 0.3 is 0 Å². The number of nitrogens with two attached hydrogens (primary N) is 1. The maximum absolute atomic E-state index is 5.75. The minimum atomic E-state index is 0.146. The lowest BCUT2D eigenvalue weighted by Gasteiger charge is -2.06. The molecule has 4 rings (SSSR count). The summed E-state index contributed by atoms with van der Waals surface area (Å²) in [5.74, 6) is 0.146. The highest BCUT2D eigenvalue weighted by atomic mass is 15.2. The molecule has 0 aliphatic heterocycles. The van der Waals surface area contributed by atoms with Crippen LogP contribution in [0.1, 0.15) is 0 Å². The van der Waals surface area contributed by atoms with Crippen LogP contribution in [0.5, 0.6) is 0 Å². The summed E-state index contributed by atoms with van der Waals surface area (Å²) >= 11 is 0. The molecule has 3 heterocycles. The summed E-state index contributed by atoms with van der Waals surface area (Å²) in [5.41, 5.74) is 9.92. The van der Waals surface area contributed by atoms with Gasteiger partial charge in [0.25, 0.3) is 0 Å². The standard InChI is InChI=1S/C16H12N6/c17-16-20-15(12-9-19-13-6-2-1-5-11(12)13)14(21-22-16)10-4-3-7-18-8-10/h1-9,19H,(H2,17,20,22). The number of aromatic nitrogens is 5. The van der Waals surface area contributed by atoms with E-state index in [0.29, 0.717) is 11.4 Å². The highest BCUT2D eigenvalue weighted by Crippen LogP contribution is 2.33. The van der Waals surface area contributed by atoms with Gasteiger partial charge in [0.05, 0.1) is 0 Å². The van der Waals surface area contributed by atoms with Gasteiger partial charge < -0.3 is 10.7 Å². The number of pyridine rings is 1. The van der Waals surface area contributed by atoms with Crippen molar-refractivity contribution in [1.29, 1.82) is 0 Å². The number of nitrogens with one attached hydrogen (secondary N) is 1. The van der Waals surface area contributed by atoms with E-state index < -0.39 is 0 Å². The Morgan fingerprint density at radius 1 is 0.955 bits per heavy atom. The average Bonchev–Trinajstić information content (AvgIpc) is 2.99. The molecule has 0 aliphatic carbocycles. The number of aromatic amines is 1. The van der Waals surface area contributed by atoms with Gasteiger partial charge in [-0.3, -0.25) is 4.98 Å². The van der Waals surface area contributed by atoms with Gasteiger partial charge in [0.1, 0.15) is 11.4 Å². The fourth-order valence-corrected chi connectivity index (χ4v) is 2.49. The van der Waals surface area contributed by atoms with E-state index in [9.17, 15) is 0 Å². The molecule has 0 bridgehead atoms. The second-order valence-electron chi connectivity index (χ2n) is 4.86. The zero-order valence-electron chi connectivity index (χ0n) is 11.6. The lowest BCUT2D eigenvalue weighted by atomic mass is 10.1. The maximum Gasteiger partial charge on any atom is 0.240 e. The molecule has 0 saturated carbocycles. The number of nitrogens with zero attached hydrogens (tertiary/aromatic N) is 4. The largest absolute Gasteiger partial charge is 0.366 e. The van der Waals surface area contributed by atoms with Crippen molar-refractivity contribution in [2.45, 2.75) is 0 Å². The highest BCUT2D eigenvalue weighted by Gasteiger charge is 2.16. The second kappa shape index (κ2) is 4.92. The van der Waals surface area contributed by atoms with E-state index in [1.807, 2.05) is 42.6 Å². The zero-order valence-corrected chi connectivity index (χ0v) is 11.6. The molecule has 3 aromatic heterocycles. The Kier molecular flexibility index (Phi) is 2.79. The predicted octanol–water partition coefficient (Wildman–Crippen LogP) is 2.66. The normalized spacial score (nSPS) is 10.9. The number of para-hydroxylation sites is 1. The molecule has 0 saturated heterocycles. The summed E-state index contributed by atoms with van der Waals surface area (Å²) in [4.78, 5) is 11.8. The van der Waals surface area contributed by atoms with Crippen LogP contribution >= 0.6 is 0 Å². The number of H-pyrrole nitrogens is 1. The van der Waals surface area contributed by atoms with Gasteiger partial charge in [-0.1, -0.05) is 18.2 Å². The molecule has 0 unspecified atom stereocenters. The first kappa shape index (κ1) is 12.5. The first-order valence-corrected chi connectivity index (χ1v) is 6.80. The van der Waals surface area contributed by atoms with E-state index in [-0.39, 0.29) is 5.95 Å². The number of hydrogen-bond acceptors (Lipinski definition) is 5. The van der Waals surface area contributed by atoms with Crippen LogP contribution < -0.4 is 5.73 Å². The van der Waals surface area contributed by atoms with Crippen molar-refractivity contribution in [1.82, 2.24) is 25.1 Å². The van der Waals surface area contributed by atoms with Gasteiger partial charge in [0.2, 0.25) is 5.95 Å². The first-order chi connectivity index (χ1) is 10.8. The molecule has 0 amide bonds. The smallest absolute Gasteiger partial charge is 0.240 e. The second-order valence-corrected chi connectivity index (χ2v) is 4.86. The molecule has 0 atom stereocenters. The Balaban J connectivity index is 2.00. The minimum absolute atomic E-state index is 0.146. The number of rotatable bonds is 2. The third-order valence-electron chi connectivity index (χ3n) is 3.48. The molecule has 0 fully saturated rings. The third-order valence-corrected chi connectivity index (χ3v) is 3.48. The topological polar surface area (TPSA) is 93.4 Å². The molecular weight excluding hydrogens is 276 g/mol. The van der Waals surface area contributed by atoms with Gasteiger partial charge in [-0.05, 0) is 18.2 Å². The number of anilines is 1. The average molecular weight is 288 g/mol. The van der Waals surface area contributed by atoms with Crippen molar-refractivity contribution in [3.8, 4) is 22.5 Å². The molecule has 0 radical (unpaired) electrons. The number of benzene rings is 1. The van der Waals surface area contributed by atoms with Gasteiger partial charge in [0.15, 0.2) is 0 Å². The van der Waals surface area contributed by atoms with Crippen LogP contribution in [-0.2, 0) is 0 Å². The van der Waals surface area contributed by atoms with E-state index >= 15 is 0 Å². The van der Waals surface area contributed by atoms with Crippen molar-refractivity contribution in [3.63, 3.8) is 0 Å². The van der Waals surface area contributed by atoms with Gasteiger partial charge in [0, 0.05) is 40.6 Å². The zero-order chi connectivity index (χ0) is 14.9. The fraction of sp³-hybridized carbons (Fsp3) is 0. The third kappa shape index (κ3) is 1.98. The van der Waals surface area contributed by atoms with Crippen LogP contribution in [0.25, 0.3) is 33.4 Å². The molecule has 106 valence electrons. The Morgan fingerprint density at radius 2 is 1.86 bits per heavy atom. The van der Waals surface area contributed by atoms with E-state index in [1.54, 1.807) is 12.4 Å². The van der Waals surface area contributed by atoms with Crippen LogP contribution in [0.4, 0.5) is 5.95 Å². The minimum Gasteiger partial charge on any atom is -0.366 e. The lowest BCUT2D eigenvalue weighted by molar-refractivity contribution is 0.996. The Bertz CT molecular complexity index is 945. The van der Waals surface area contributed by atoms with Crippen molar-refractivity contribution < 1.29 is 0 Å². The molecule has 0 spiro atoms. The van der Waals surface area contributed by atoms with Crippen molar-refractivity contribution >= 4 is 16.9 Å². The van der Waals surface area contributed by atoms with Crippen molar-refractivity contribution in [2.24, 2.45) is 0 Å². The highest BCUT2D eigenvalue weighted by molar-refractivity contribution is 5.97. The number of hydrogen-bond donors (Lipinski definition) is 2. The Morgan fingerprint density at radius 3 is 2.73 bits per heavy atom. The molecule has 3 N–H and O–H groups in total. The summed E-state index contributed by atoms with van der Waals surface area (Å²) in [6.45, 7) is 0. The molecule has 22 heavy (non-hydrogen) atoms. The quantitative estimate of drug-likeness (QED) is 0.591. The van der Waals surface area contributed by atoms with Crippen LogP contribution in [0.2, 0.25) is 0 Å². The predicted molar refractivity (Wildman–Crippen MR) is 84.8 cm³/mol. The number of fused-ring (bicyclic) bond motifs is 1. The van der Waals surface area contributed by atoms with Gasteiger partial charge in [-0.25, -0.2) is 4.98 Å². The molecule has 0 aliphatic rings. The molecule has 6 nitrogen and oxygen atoms in total. The van der Waals surface area contributed by atoms with E-state index in [4.69, 9.17) is 5.73 Å². The van der Waals surface area contributed by atoms with E-state index in [1.165, 1.54) is 0 Å². The lowest BCUT2D eigenvalue weighted by Crippen LogP contribution is -2.02. The summed E-state index contributed by atoms with van der Waals surface area (Å²) in [6.07, 6.45) is 5.36. The van der Waals surface area contributed by atoms with E-state index in [0.717, 1.165) is 22.0 Å². The molecule has 1 aromatic carbocycles. The monoisotopic (exact) mass is 288 g/mol. The van der Waals surface area contributed by atoms with Crippen LogP contribution in [0.3, 0.4) is 0 Å². The Labute approximate surface area is 126 Å². The van der Waals surface area contributed by atoms with Crippen molar-refractivity contribution in [3.05, 3.63) is 55.0 Å². The van der Waals surface area contributed by atoms with Crippen LogP contribution in [0.15, 0.2) is 55.0 Å². The maximum atomic E-state index is 5.75. The summed E-state index contributed by atoms with van der Waals surface area (Å²) in [7, 11) is 0. The summed E-state index contributed by atoms with van der Waals surface area (Å²) in [5, 5.41) is 9.17. The van der Waals surface area contributed by atoms with Crippen LogP contribution in [-0.4, -0.2) is 25.1 Å². The number of nitrogen functional groups attached to an aromatic ring is 1. The SMILES string of the molecule is Nc1nnc(-c2cccnc2)c(-c2c[nH]c3ccccc23)n1. The molecule has 4 aromatic rings. The molecular formula is C16H12N6. The molecule has 6 heteroatoms. The van der Waals surface area contributed by atoms with Crippen LogP contribution in [0, 0.1) is 0 Å².